The zero-order valence-corrected chi connectivity index (χ0v) is 13.7. The van der Waals surface area contributed by atoms with Gasteiger partial charge < -0.3 is 11.1 Å². The molecule has 1 amide bonds. The first kappa shape index (κ1) is 15.9. The molecule has 0 atom stereocenters. The highest BCUT2D eigenvalue weighted by atomic mass is 32.1. The highest BCUT2D eigenvalue weighted by molar-refractivity contribution is 7.80. The Hall–Kier alpha value is -2.98. The summed E-state index contributed by atoms with van der Waals surface area (Å²) in [5.41, 5.74) is 9.85. The highest BCUT2D eigenvalue weighted by Gasteiger charge is 2.07. The van der Waals surface area contributed by atoms with Crippen LogP contribution in [-0.4, -0.2) is 10.9 Å². The van der Waals surface area contributed by atoms with Crippen molar-refractivity contribution < 1.29 is 4.79 Å². The number of nitrogens with two attached hydrogens (primary N) is 1. The van der Waals surface area contributed by atoms with Crippen molar-refractivity contribution in [3.63, 3.8) is 0 Å². The minimum absolute atomic E-state index is 0.169. The van der Waals surface area contributed by atoms with E-state index in [-0.39, 0.29) is 5.91 Å². The van der Waals surface area contributed by atoms with E-state index in [1.54, 1.807) is 24.3 Å². The molecule has 0 heterocycles. The van der Waals surface area contributed by atoms with Gasteiger partial charge in [0, 0.05) is 16.8 Å². The van der Waals surface area contributed by atoms with E-state index in [2.05, 4.69) is 17.4 Å². The second-order valence-electron chi connectivity index (χ2n) is 5.34. The van der Waals surface area contributed by atoms with E-state index in [0.29, 0.717) is 10.6 Å². The molecule has 0 radical (unpaired) electrons. The number of hydrogen-bond acceptors (Lipinski definition) is 2. The van der Waals surface area contributed by atoms with Gasteiger partial charge in [-0.1, -0.05) is 66.8 Å². The maximum Gasteiger partial charge on any atom is 0.255 e. The van der Waals surface area contributed by atoms with Gasteiger partial charge in [0.25, 0.3) is 5.91 Å². The van der Waals surface area contributed by atoms with Crippen LogP contribution in [0.1, 0.15) is 15.9 Å². The Morgan fingerprint density at radius 1 is 0.750 bits per heavy atom. The van der Waals surface area contributed by atoms with Gasteiger partial charge in [0.1, 0.15) is 4.99 Å². The predicted octanol–water partition coefficient (Wildman–Crippen LogP) is 4.24. The van der Waals surface area contributed by atoms with E-state index in [9.17, 15) is 4.79 Å². The molecule has 0 saturated heterocycles. The first-order valence-corrected chi connectivity index (χ1v) is 7.91. The average Bonchev–Trinajstić information content (AvgIpc) is 2.63. The first-order valence-electron chi connectivity index (χ1n) is 7.50. The molecule has 3 N–H and O–H groups in total. The maximum atomic E-state index is 12.3. The third-order valence-electron chi connectivity index (χ3n) is 3.68. The standard InChI is InChI=1S/C20H16N2OS/c21-19(24)16-6-8-17(9-7-16)20(23)22-18-12-10-15(11-13-18)14-4-2-1-3-5-14/h1-13H,(H2,21,24)(H,22,23). The minimum Gasteiger partial charge on any atom is -0.389 e. The van der Waals surface area contributed by atoms with Crippen LogP contribution < -0.4 is 11.1 Å². The van der Waals surface area contributed by atoms with Gasteiger partial charge in [0.15, 0.2) is 0 Å². The molecule has 3 rings (SSSR count). The molecule has 0 bridgehead atoms. The number of carbonyl (C=O) groups is 1. The van der Waals surface area contributed by atoms with Crippen LogP contribution in [0, 0.1) is 0 Å². The van der Waals surface area contributed by atoms with Crippen LogP contribution in [0.25, 0.3) is 11.1 Å². The molecule has 0 unspecified atom stereocenters. The first-order chi connectivity index (χ1) is 11.6. The van der Waals surface area contributed by atoms with Crippen molar-refractivity contribution in [2.24, 2.45) is 5.73 Å². The summed E-state index contributed by atoms with van der Waals surface area (Å²) in [5, 5.41) is 2.88. The maximum absolute atomic E-state index is 12.3. The molecule has 0 fully saturated rings. The van der Waals surface area contributed by atoms with E-state index >= 15 is 0 Å². The van der Waals surface area contributed by atoms with Crippen LogP contribution in [0.15, 0.2) is 78.9 Å². The SMILES string of the molecule is NC(=S)c1ccc(C(=O)Nc2ccc(-c3ccccc3)cc2)cc1. The number of hydrogen-bond donors (Lipinski definition) is 2. The molecular weight excluding hydrogens is 316 g/mol. The fourth-order valence-corrected chi connectivity index (χ4v) is 2.50. The zero-order chi connectivity index (χ0) is 16.9. The van der Waals surface area contributed by atoms with Crippen molar-refractivity contribution in [3.8, 4) is 11.1 Å². The number of anilines is 1. The van der Waals surface area contributed by atoms with Gasteiger partial charge >= 0.3 is 0 Å². The van der Waals surface area contributed by atoms with Crippen LogP contribution >= 0.6 is 12.2 Å². The molecule has 3 aromatic carbocycles. The van der Waals surface area contributed by atoms with Crippen LogP contribution in [0.4, 0.5) is 5.69 Å². The van der Waals surface area contributed by atoms with Crippen molar-refractivity contribution in [2.75, 3.05) is 5.32 Å². The lowest BCUT2D eigenvalue weighted by molar-refractivity contribution is 0.102. The summed E-state index contributed by atoms with van der Waals surface area (Å²) in [6, 6.07) is 24.8. The van der Waals surface area contributed by atoms with E-state index in [4.69, 9.17) is 18.0 Å². The van der Waals surface area contributed by atoms with Gasteiger partial charge in [-0.3, -0.25) is 4.79 Å². The van der Waals surface area contributed by atoms with Gasteiger partial charge in [0.2, 0.25) is 0 Å². The molecule has 0 aliphatic rings. The lowest BCUT2D eigenvalue weighted by atomic mass is 10.1. The summed E-state index contributed by atoms with van der Waals surface area (Å²) in [5.74, 6) is -0.169. The molecule has 0 saturated carbocycles. The van der Waals surface area contributed by atoms with Crippen LogP contribution in [0.2, 0.25) is 0 Å². The third kappa shape index (κ3) is 3.67. The lowest BCUT2D eigenvalue weighted by Crippen LogP contribution is -2.13. The van der Waals surface area contributed by atoms with E-state index < -0.39 is 0 Å². The normalized spacial score (nSPS) is 10.2. The smallest absolute Gasteiger partial charge is 0.255 e. The van der Waals surface area contributed by atoms with Crippen molar-refractivity contribution in [1.82, 2.24) is 0 Å². The number of rotatable bonds is 4. The van der Waals surface area contributed by atoms with Crippen LogP contribution in [0.5, 0.6) is 0 Å². The number of thiocarbonyl (C=S) groups is 1. The fourth-order valence-electron chi connectivity index (χ4n) is 2.37. The zero-order valence-electron chi connectivity index (χ0n) is 12.9. The Labute approximate surface area is 146 Å². The van der Waals surface area contributed by atoms with Gasteiger partial charge in [-0.2, -0.15) is 0 Å². The highest BCUT2D eigenvalue weighted by Crippen LogP contribution is 2.21. The summed E-state index contributed by atoms with van der Waals surface area (Å²) in [7, 11) is 0. The molecular formula is C20H16N2OS. The Morgan fingerprint density at radius 3 is 1.88 bits per heavy atom. The molecule has 118 valence electrons. The number of carbonyl (C=O) groups excluding carboxylic acids is 1. The topological polar surface area (TPSA) is 55.1 Å². The van der Waals surface area contributed by atoms with Crippen molar-refractivity contribution in [2.45, 2.75) is 0 Å². The quantitative estimate of drug-likeness (QED) is 0.703. The second-order valence-corrected chi connectivity index (χ2v) is 5.78. The van der Waals surface area contributed by atoms with Crippen molar-refractivity contribution in [1.29, 1.82) is 0 Å². The molecule has 4 heteroatoms. The summed E-state index contributed by atoms with van der Waals surface area (Å²) >= 11 is 4.91. The van der Waals surface area contributed by atoms with Gasteiger partial charge in [-0.05, 0) is 35.4 Å². The van der Waals surface area contributed by atoms with Crippen molar-refractivity contribution >= 4 is 28.8 Å². The average molecular weight is 332 g/mol. The Morgan fingerprint density at radius 2 is 1.29 bits per heavy atom. The van der Waals surface area contributed by atoms with Gasteiger partial charge in [0.05, 0.1) is 0 Å². The molecule has 3 aromatic rings. The monoisotopic (exact) mass is 332 g/mol. The summed E-state index contributed by atoms with van der Waals surface area (Å²) in [6.45, 7) is 0. The van der Waals surface area contributed by atoms with Gasteiger partial charge in [-0.25, -0.2) is 0 Å². The van der Waals surface area contributed by atoms with Gasteiger partial charge in [-0.15, -0.1) is 0 Å². The second kappa shape index (κ2) is 7.06. The number of amides is 1. The largest absolute Gasteiger partial charge is 0.389 e. The molecule has 0 aliphatic heterocycles. The summed E-state index contributed by atoms with van der Waals surface area (Å²) < 4.78 is 0. The third-order valence-corrected chi connectivity index (χ3v) is 3.92. The van der Waals surface area contributed by atoms with Crippen LogP contribution in [-0.2, 0) is 0 Å². The summed E-state index contributed by atoms with van der Waals surface area (Å²) in [6.07, 6.45) is 0. The Bertz CT molecular complexity index is 856. The number of nitrogens with one attached hydrogen (secondary N) is 1. The molecule has 3 nitrogen and oxygen atoms in total. The minimum atomic E-state index is -0.169. The predicted molar refractivity (Wildman–Crippen MR) is 102 cm³/mol. The molecule has 0 spiro atoms. The van der Waals surface area contributed by atoms with E-state index in [1.807, 2.05) is 42.5 Å². The lowest BCUT2D eigenvalue weighted by Gasteiger charge is -2.07. The molecule has 24 heavy (non-hydrogen) atoms. The number of benzene rings is 3. The molecule has 0 aliphatic carbocycles. The van der Waals surface area contributed by atoms with Crippen LogP contribution in [0.3, 0.4) is 0 Å². The Kier molecular flexibility index (Phi) is 4.68. The van der Waals surface area contributed by atoms with E-state index in [1.165, 1.54) is 0 Å². The molecule has 0 aromatic heterocycles. The fraction of sp³-hybridized carbons (Fsp3) is 0. The van der Waals surface area contributed by atoms with Crippen molar-refractivity contribution in [3.05, 3.63) is 90.0 Å². The Balaban J connectivity index is 1.71. The van der Waals surface area contributed by atoms with E-state index in [0.717, 1.165) is 22.4 Å². The summed E-state index contributed by atoms with van der Waals surface area (Å²) in [4.78, 5) is 12.6.